The Morgan fingerprint density at radius 2 is 1.12 bits per heavy atom. The number of carbonyl (C=O) groups is 1. The van der Waals surface area contributed by atoms with Crippen LogP contribution in [0.25, 0.3) is 12.2 Å². The van der Waals surface area contributed by atoms with Crippen molar-refractivity contribution in [2.24, 2.45) is 0 Å². The van der Waals surface area contributed by atoms with Crippen LogP contribution in [0.5, 0.6) is 11.5 Å². The highest BCUT2D eigenvalue weighted by molar-refractivity contribution is 6.15. The molecule has 1 saturated carbocycles. The van der Waals surface area contributed by atoms with Gasteiger partial charge in [0.1, 0.15) is 11.5 Å². The molecule has 0 N–H and O–H groups in total. The fourth-order valence-electron chi connectivity index (χ4n) is 5.40. The van der Waals surface area contributed by atoms with E-state index >= 15 is 0 Å². The second kappa shape index (κ2) is 11.4. The molecule has 2 aromatic carbocycles. The lowest BCUT2D eigenvalue weighted by Gasteiger charge is -2.11. The van der Waals surface area contributed by atoms with Crippen molar-refractivity contribution in [2.45, 2.75) is 53.6 Å². The molecule has 0 saturated heterocycles. The van der Waals surface area contributed by atoms with Crippen molar-refractivity contribution < 1.29 is 14.3 Å². The number of aryl methyl sites for hydroxylation is 4. The Labute approximate surface area is 235 Å². The van der Waals surface area contributed by atoms with E-state index in [1.807, 2.05) is 59.6 Å². The summed E-state index contributed by atoms with van der Waals surface area (Å²) in [6.07, 6.45) is 5.46. The quantitative estimate of drug-likeness (QED) is 0.249. The predicted molar refractivity (Wildman–Crippen MR) is 158 cm³/mol. The molecule has 0 atom stereocenters. The third-order valence-corrected chi connectivity index (χ3v) is 7.38. The van der Waals surface area contributed by atoms with E-state index in [9.17, 15) is 4.79 Å². The first-order valence-electron chi connectivity index (χ1n) is 13.6. The summed E-state index contributed by atoms with van der Waals surface area (Å²) in [5.74, 6) is 1.72. The highest BCUT2D eigenvalue weighted by Crippen LogP contribution is 2.32. The van der Waals surface area contributed by atoms with E-state index in [0.717, 1.165) is 80.5 Å². The van der Waals surface area contributed by atoms with Gasteiger partial charge in [0.05, 0.1) is 38.7 Å². The molecule has 0 amide bonds. The average molecular weight is 537 g/mol. The maximum absolute atomic E-state index is 13.4. The van der Waals surface area contributed by atoms with Crippen molar-refractivity contribution >= 4 is 17.9 Å². The van der Waals surface area contributed by atoms with E-state index in [0.29, 0.717) is 13.1 Å². The second-order valence-corrected chi connectivity index (χ2v) is 10.5. The number of hydrogen-bond acceptors (Lipinski definition) is 5. The van der Waals surface area contributed by atoms with Crippen molar-refractivity contribution in [1.82, 2.24) is 19.6 Å². The molecule has 2 aromatic heterocycles. The summed E-state index contributed by atoms with van der Waals surface area (Å²) in [7, 11) is 3.36. The number of aromatic nitrogens is 4. The van der Waals surface area contributed by atoms with Gasteiger partial charge in [0.15, 0.2) is 5.78 Å². The van der Waals surface area contributed by atoms with Crippen LogP contribution in [-0.4, -0.2) is 39.6 Å². The average Bonchev–Trinajstić information content (AvgIpc) is 3.54. The Hall–Kier alpha value is -4.39. The number of allylic oxidation sites excluding steroid dienone is 2. The zero-order chi connectivity index (χ0) is 28.4. The fourth-order valence-corrected chi connectivity index (χ4v) is 5.40. The third kappa shape index (κ3) is 5.78. The molecule has 5 rings (SSSR count). The molecule has 0 bridgehead atoms. The van der Waals surface area contributed by atoms with Gasteiger partial charge in [-0.15, -0.1) is 0 Å². The highest BCUT2D eigenvalue weighted by Gasteiger charge is 2.23. The van der Waals surface area contributed by atoms with Crippen LogP contribution in [0.2, 0.25) is 0 Å². The molecule has 7 nitrogen and oxygen atoms in total. The minimum absolute atomic E-state index is 0.104. The number of ketones is 1. The molecule has 40 heavy (non-hydrogen) atoms. The standard InChI is InChI=1S/C33H36N4O3/c1-21-13-23(3)36(34-21)19-29-17-25(7-11-31(29)39-5)15-27-9-10-28(33(27)38)16-26-8-12-32(40-6)30(18-26)20-37-24(4)14-22(2)35-37/h7-8,11-18H,9-10,19-20H2,1-6H3/b27-15+,28-16+. The maximum Gasteiger partial charge on any atom is 0.185 e. The Bertz CT molecular complexity index is 1520. The summed E-state index contributed by atoms with van der Waals surface area (Å²) < 4.78 is 15.2. The number of benzene rings is 2. The lowest BCUT2D eigenvalue weighted by atomic mass is 10.0. The van der Waals surface area contributed by atoms with E-state index < -0.39 is 0 Å². The van der Waals surface area contributed by atoms with Crippen molar-refractivity contribution in [3.05, 3.63) is 105 Å². The normalized spacial score (nSPS) is 15.4. The van der Waals surface area contributed by atoms with E-state index in [4.69, 9.17) is 9.47 Å². The van der Waals surface area contributed by atoms with Gasteiger partial charge in [0.2, 0.25) is 0 Å². The number of Topliss-reactive ketones (excluding diaryl/α,β-unsaturated/α-hetero) is 1. The van der Waals surface area contributed by atoms with E-state index in [-0.39, 0.29) is 5.78 Å². The van der Waals surface area contributed by atoms with Crippen LogP contribution in [0.15, 0.2) is 59.7 Å². The van der Waals surface area contributed by atoms with Gasteiger partial charge < -0.3 is 9.47 Å². The molecular weight excluding hydrogens is 500 g/mol. The number of carbonyl (C=O) groups excluding carboxylic acids is 1. The first-order chi connectivity index (χ1) is 19.2. The largest absolute Gasteiger partial charge is 0.496 e. The monoisotopic (exact) mass is 536 g/mol. The highest BCUT2D eigenvalue weighted by atomic mass is 16.5. The summed E-state index contributed by atoms with van der Waals surface area (Å²) in [5.41, 5.74) is 9.84. The predicted octanol–water partition coefficient (Wildman–Crippen LogP) is 6.26. The molecular formula is C33H36N4O3. The molecule has 1 fully saturated rings. The smallest absolute Gasteiger partial charge is 0.185 e. The summed E-state index contributed by atoms with van der Waals surface area (Å²) in [6.45, 7) is 9.30. The van der Waals surface area contributed by atoms with Crippen LogP contribution in [0.4, 0.5) is 0 Å². The van der Waals surface area contributed by atoms with E-state index in [2.05, 4.69) is 48.3 Å². The molecule has 0 aliphatic heterocycles. The van der Waals surface area contributed by atoms with Crippen LogP contribution in [-0.2, 0) is 17.9 Å². The summed E-state index contributed by atoms with van der Waals surface area (Å²) in [4.78, 5) is 13.4. The van der Waals surface area contributed by atoms with Crippen LogP contribution >= 0.6 is 0 Å². The Kier molecular flexibility index (Phi) is 7.74. The summed E-state index contributed by atoms with van der Waals surface area (Å²) in [5, 5.41) is 9.19. The van der Waals surface area contributed by atoms with Gasteiger partial charge in [0, 0.05) is 33.7 Å². The van der Waals surface area contributed by atoms with Gasteiger partial charge in [0.25, 0.3) is 0 Å². The zero-order valence-electron chi connectivity index (χ0n) is 24.1. The van der Waals surface area contributed by atoms with Gasteiger partial charge in [-0.05, 0) is 100 Å². The zero-order valence-corrected chi connectivity index (χ0v) is 24.1. The Morgan fingerprint density at radius 1 is 0.700 bits per heavy atom. The number of hydrogen-bond donors (Lipinski definition) is 0. The molecule has 4 aromatic rings. The second-order valence-electron chi connectivity index (χ2n) is 10.5. The van der Waals surface area contributed by atoms with Crippen molar-refractivity contribution in [3.8, 4) is 11.5 Å². The van der Waals surface area contributed by atoms with Crippen molar-refractivity contribution in [3.63, 3.8) is 0 Å². The summed E-state index contributed by atoms with van der Waals surface area (Å²) in [6, 6.07) is 16.2. The van der Waals surface area contributed by atoms with E-state index in [1.165, 1.54) is 0 Å². The first-order valence-corrected chi connectivity index (χ1v) is 13.6. The molecule has 1 aliphatic rings. The van der Waals surface area contributed by atoms with Gasteiger partial charge in [-0.3, -0.25) is 14.2 Å². The Balaban J connectivity index is 1.38. The van der Waals surface area contributed by atoms with Gasteiger partial charge in [-0.2, -0.15) is 10.2 Å². The molecule has 0 unspecified atom stereocenters. The van der Waals surface area contributed by atoms with Crippen LogP contribution < -0.4 is 9.47 Å². The fraction of sp³-hybridized carbons (Fsp3) is 0.303. The van der Waals surface area contributed by atoms with E-state index in [1.54, 1.807) is 14.2 Å². The molecule has 2 heterocycles. The molecule has 7 heteroatoms. The lowest BCUT2D eigenvalue weighted by molar-refractivity contribution is -0.111. The molecule has 1 aliphatic carbocycles. The van der Waals surface area contributed by atoms with Crippen LogP contribution in [0.1, 0.15) is 57.9 Å². The van der Waals surface area contributed by atoms with Gasteiger partial charge in [-0.1, -0.05) is 12.1 Å². The minimum atomic E-state index is 0.104. The van der Waals surface area contributed by atoms with Crippen molar-refractivity contribution in [1.29, 1.82) is 0 Å². The number of methoxy groups -OCH3 is 2. The molecule has 0 spiro atoms. The van der Waals surface area contributed by atoms with Crippen molar-refractivity contribution in [2.75, 3.05) is 14.2 Å². The minimum Gasteiger partial charge on any atom is -0.496 e. The number of rotatable bonds is 8. The Morgan fingerprint density at radius 3 is 1.48 bits per heavy atom. The van der Waals surface area contributed by atoms with Gasteiger partial charge in [-0.25, -0.2) is 0 Å². The molecule has 0 radical (unpaired) electrons. The topological polar surface area (TPSA) is 71.2 Å². The number of nitrogens with zero attached hydrogens (tertiary/aromatic N) is 4. The molecule has 206 valence electrons. The third-order valence-electron chi connectivity index (χ3n) is 7.38. The maximum atomic E-state index is 13.4. The number of ether oxygens (including phenoxy) is 2. The van der Waals surface area contributed by atoms with Crippen LogP contribution in [0.3, 0.4) is 0 Å². The summed E-state index contributed by atoms with van der Waals surface area (Å²) >= 11 is 0. The lowest BCUT2D eigenvalue weighted by Crippen LogP contribution is -2.06. The first kappa shape index (κ1) is 27.2. The SMILES string of the molecule is COc1ccc(/C=C2\CC/C(=C\c3ccc(OC)c(Cn4nc(C)cc4C)c3)C2=O)cc1Cn1nc(C)cc1C. The van der Waals surface area contributed by atoms with Crippen LogP contribution in [0, 0.1) is 27.7 Å². The van der Waals surface area contributed by atoms with Gasteiger partial charge >= 0.3 is 0 Å².